The third kappa shape index (κ3) is 4.00. The molecule has 8 heteroatoms. The summed E-state index contributed by atoms with van der Waals surface area (Å²) in [7, 11) is 0. The van der Waals surface area contributed by atoms with Gasteiger partial charge in [0.2, 0.25) is 6.79 Å². The van der Waals surface area contributed by atoms with Crippen molar-refractivity contribution in [2.45, 2.75) is 13.5 Å². The molecule has 0 unspecified atom stereocenters. The highest BCUT2D eigenvalue weighted by Crippen LogP contribution is 2.33. The summed E-state index contributed by atoms with van der Waals surface area (Å²) in [5.74, 6) is 1.47. The summed E-state index contributed by atoms with van der Waals surface area (Å²) >= 11 is 1.53. The quantitative estimate of drug-likeness (QED) is 0.303. The molecule has 3 aromatic carbocycles. The molecule has 0 fully saturated rings. The Balaban J connectivity index is 1.59. The summed E-state index contributed by atoms with van der Waals surface area (Å²) in [6.45, 7) is 2.84. The number of non-ortho nitro benzene ring substituents is 1. The number of benzene rings is 3. The SMILES string of the molecule is Cc1ccc(N=c2scc(-c3ccc([N+](=O)[O-])cc3)n2Cc2ccc3c(c2)OCO3)cc1. The fraction of sp³-hybridized carbons (Fsp3) is 0.125. The molecule has 160 valence electrons. The number of hydrogen-bond donors (Lipinski definition) is 0. The Kier molecular flexibility index (Phi) is 5.20. The number of aromatic nitrogens is 1. The Morgan fingerprint density at radius 2 is 1.78 bits per heavy atom. The molecule has 1 aliphatic rings. The monoisotopic (exact) mass is 445 g/mol. The van der Waals surface area contributed by atoms with Gasteiger partial charge in [0.15, 0.2) is 16.3 Å². The van der Waals surface area contributed by atoms with Crippen molar-refractivity contribution in [3.63, 3.8) is 0 Å². The van der Waals surface area contributed by atoms with Gasteiger partial charge in [0, 0.05) is 17.5 Å². The van der Waals surface area contributed by atoms with Crippen molar-refractivity contribution in [3.05, 3.63) is 98.2 Å². The largest absolute Gasteiger partial charge is 0.454 e. The summed E-state index contributed by atoms with van der Waals surface area (Å²) in [5, 5.41) is 13.1. The number of aryl methyl sites for hydroxylation is 1. The van der Waals surface area contributed by atoms with Crippen molar-refractivity contribution in [1.82, 2.24) is 4.57 Å². The summed E-state index contributed by atoms with van der Waals surface area (Å²) in [4.78, 5) is 16.3. The fourth-order valence-corrected chi connectivity index (χ4v) is 4.44. The lowest BCUT2D eigenvalue weighted by Crippen LogP contribution is -2.16. The molecule has 7 nitrogen and oxygen atoms in total. The Hall–Kier alpha value is -3.91. The first-order valence-corrected chi connectivity index (χ1v) is 10.9. The lowest BCUT2D eigenvalue weighted by molar-refractivity contribution is -0.384. The van der Waals surface area contributed by atoms with E-state index in [0.29, 0.717) is 6.54 Å². The van der Waals surface area contributed by atoms with E-state index in [9.17, 15) is 10.1 Å². The predicted molar refractivity (Wildman–Crippen MR) is 122 cm³/mol. The number of rotatable bonds is 5. The van der Waals surface area contributed by atoms with Crippen LogP contribution in [0.2, 0.25) is 0 Å². The summed E-state index contributed by atoms with van der Waals surface area (Å²) in [5.41, 5.74) is 4.98. The van der Waals surface area contributed by atoms with Crippen LogP contribution in [0, 0.1) is 17.0 Å². The van der Waals surface area contributed by atoms with Crippen LogP contribution in [0.4, 0.5) is 11.4 Å². The number of hydrogen-bond acceptors (Lipinski definition) is 6. The zero-order valence-electron chi connectivity index (χ0n) is 17.2. The zero-order valence-corrected chi connectivity index (χ0v) is 18.0. The van der Waals surface area contributed by atoms with E-state index in [1.165, 1.54) is 29.0 Å². The molecule has 32 heavy (non-hydrogen) atoms. The Labute approximate surface area is 188 Å². The standard InChI is InChI=1S/C24H19N3O4S/c1-16-2-7-19(8-3-16)25-24-26(13-17-4-11-22-23(12-17)31-15-30-22)21(14-32-24)18-5-9-20(10-6-18)27(28)29/h2-12,14H,13,15H2,1H3. The van der Waals surface area contributed by atoms with Crippen LogP contribution in [-0.2, 0) is 6.54 Å². The second kappa shape index (κ2) is 8.32. The number of nitro benzene ring substituents is 1. The van der Waals surface area contributed by atoms with Crippen molar-refractivity contribution in [2.75, 3.05) is 6.79 Å². The van der Waals surface area contributed by atoms with Gasteiger partial charge in [0.1, 0.15) is 0 Å². The van der Waals surface area contributed by atoms with Crippen LogP contribution in [0.5, 0.6) is 11.5 Å². The fourth-order valence-electron chi connectivity index (χ4n) is 3.51. The Bertz CT molecular complexity index is 1360. The van der Waals surface area contributed by atoms with Crippen LogP contribution in [0.3, 0.4) is 0 Å². The highest BCUT2D eigenvalue weighted by Gasteiger charge is 2.15. The molecule has 0 saturated carbocycles. The van der Waals surface area contributed by atoms with Crippen molar-refractivity contribution < 1.29 is 14.4 Å². The van der Waals surface area contributed by atoms with Crippen LogP contribution < -0.4 is 14.3 Å². The smallest absolute Gasteiger partial charge is 0.269 e. The molecule has 0 saturated heterocycles. The van der Waals surface area contributed by atoms with Gasteiger partial charge in [-0.15, -0.1) is 11.3 Å². The van der Waals surface area contributed by atoms with Gasteiger partial charge in [-0.2, -0.15) is 0 Å². The van der Waals surface area contributed by atoms with Crippen LogP contribution in [-0.4, -0.2) is 16.3 Å². The van der Waals surface area contributed by atoms with Crippen molar-refractivity contribution >= 4 is 22.7 Å². The number of ether oxygens (including phenoxy) is 2. The topological polar surface area (TPSA) is 78.9 Å². The highest BCUT2D eigenvalue weighted by molar-refractivity contribution is 7.07. The van der Waals surface area contributed by atoms with Gasteiger partial charge in [0.05, 0.1) is 22.8 Å². The van der Waals surface area contributed by atoms with E-state index in [1.54, 1.807) is 12.1 Å². The number of nitrogens with zero attached hydrogens (tertiary/aromatic N) is 3. The van der Waals surface area contributed by atoms with Gasteiger partial charge in [-0.3, -0.25) is 10.1 Å². The third-order valence-electron chi connectivity index (χ3n) is 5.21. The summed E-state index contributed by atoms with van der Waals surface area (Å²) < 4.78 is 13.1. The van der Waals surface area contributed by atoms with E-state index in [1.807, 2.05) is 54.8 Å². The average molecular weight is 446 g/mol. The van der Waals surface area contributed by atoms with Crippen molar-refractivity contribution in [3.8, 4) is 22.8 Å². The first-order chi connectivity index (χ1) is 15.6. The Morgan fingerprint density at radius 3 is 2.53 bits per heavy atom. The van der Waals surface area contributed by atoms with E-state index >= 15 is 0 Å². The van der Waals surface area contributed by atoms with Crippen LogP contribution in [0.1, 0.15) is 11.1 Å². The first-order valence-electron chi connectivity index (χ1n) is 10.00. The van der Waals surface area contributed by atoms with Gasteiger partial charge in [-0.1, -0.05) is 23.8 Å². The first kappa shape index (κ1) is 20.0. The molecule has 0 aliphatic carbocycles. The minimum Gasteiger partial charge on any atom is -0.454 e. The maximum absolute atomic E-state index is 11.0. The minimum atomic E-state index is -0.393. The van der Waals surface area contributed by atoms with Crippen LogP contribution >= 0.6 is 11.3 Å². The molecule has 1 aliphatic heterocycles. The molecule has 0 amide bonds. The molecular weight excluding hydrogens is 426 g/mol. The summed E-state index contributed by atoms with van der Waals surface area (Å²) in [6, 6.07) is 20.5. The van der Waals surface area contributed by atoms with Gasteiger partial charge < -0.3 is 14.0 Å². The van der Waals surface area contributed by atoms with Gasteiger partial charge in [-0.25, -0.2) is 4.99 Å². The molecule has 4 aromatic rings. The molecule has 1 aromatic heterocycles. The van der Waals surface area contributed by atoms with Gasteiger partial charge in [-0.05, 0) is 54.4 Å². The molecule has 0 atom stereocenters. The molecule has 5 rings (SSSR count). The Morgan fingerprint density at radius 1 is 1.03 bits per heavy atom. The van der Waals surface area contributed by atoms with Crippen LogP contribution in [0.15, 0.2) is 77.1 Å². The normalized spacial score (nSPS) is 12.8. The van der Waals surface area contributed by atoms with E-state index in [4.69, 9.17) is 14.5 Å². The molecular formula is C24H19N3O4S. The number of nitro groups is 1. The molecule has 0 N–H and O–H groups in total. The lowest BCUT2D eigenvalue weighted by atomic mass is 10.1. The third-order valence-corrected chi connectivity index (χ3v) is 6.07. The molecule has 2 heterocycles. The zero-order chi connectivity index (χ0) is 22.1. The molecule has 0 spiro atoms. The predicted octanol–water partition coefficient (Wildman–Crippen LogP) is 5.44. The van der Waals surface area contributed by atoms with E-state index in [2.05, 4.69) is 4.57 Å². The molecule has 0 bridgehead atoms. The van der Waals surface area contributed by atoms with Gasteiger partial charge >= 0.3 is 0 Å². The molecule has 0 radical (unpaired) electrons. The van der Waals surface area contributed by atoms with Crippen LogP contribution in [0.25, 0.3) is 11.3 Å². The van der Waals surface area contributed by atoms with E-state index in [0.717, 1.165) is 38.8 Å². The van der Waals surface area contributed by atoms with E-state index in [-0.39, 0.29) is 12.5 Å². The van der Waals surface area contributed by atoms with Crippen molar-refractivity contribution in [2.24, 2.45) is 4.99 Å². The number of thiazole rings is 1. The lowest BCUT2D eigenvalue weighted by Gasteiger charge is -2.10. The highest BCUT2D eigenvalue weighted by atomic mass is 32.1. The summed E-state index contributed by atoms with van der Waals surface area (Å²) in [6.07, 6.45) is 0. The van der Waals surface area contributed by atoms with Crippen molar-refractivity contribution in [1.29, 1.82) is 0 Å². The average Bonchev–Trinajstić information content (AvgIpc) is 3.42. The van der Waals surface area contributed by atoms with E-state index < -0.39 is 4.92 Å². The number of fused-ring (bicyclic) bond motifs is 1. The van der Waals surface area contributed by atoms with Gasteiger partial charge in [0.25, 0.3) is 5.69 Å². The second-order valence-corrected chi connectivity index (χ2v) is 8.27. The second-order valence-electron chi connectivity index (χ2n) is 7.43. The maximum Gasteiger partial charge on any atom is 0.269 e. The maximum atomic E-state index is 11.0. The minimum absolute atomic E-state index is 0.0656.